The van der Waals surface area contributed by atoms with Crippen molar-refractivity contribution in [3.05, 3.63) is 63.7 Å². The first-order valence-corrected chi connectivity index (χ1v) is 7.33. The minimum atomic E-state index is 0.0182. The predicted molar refractivity (Wildman–Crippen MR) is 86.3 cm³/mol. The Morgan fingerprint density at radius 1 is 1.00 bits per heavy atom. The third kappa shape index (κ3) is 2.50. The van der Waals surface area contributed by atoms with Crippen molar-refractivity contribution in [2.45, 2.75) is 26.7 Å². The van der Waals surface area contributed by atoms with E-state index in [9.17, 15) is 15.0 Å². The fourth-order valence-electron chi connectivity index (χ4n) is 2.98. The lowest BCUT2D eigenvalue weighted by Crippen LogP contribution is -2.13. The first-order chi connectivity index (χ1) is 10.5. The van der Waals surface area contributed by atoms with Crippen molar-refractivity contribution in [1.29, 1.82) is 0 Å². The molecule has 0 aliphatic heterocycles. The van der Waals surface area contributed by atoms with Gasteiger partial charge in [-0.05, 0) is 85.4 Å². The molecule has 0 atom stereocenters. The van der Waals surface area contributed by atoms with Crippen LogP contribution in [0.3, 0.4) is 0 Å². The maximum atomic E-state index is 12.6. The molecular weight excluding hydrogens is 276 g/mol. The molecule has 0 aromatic heterocycles. The van der Waals surface area contributed by atoms with Crippen LogP contribution in [-0.4, -0.2) is 16.0 Å². The van der Waals surface area contributed by atoms with E-state index in [0.717, 1.165) is 34.2 Å². The highest BCUT2D eigenvalue weighted by Gasteiger charge is 2.22. The molecule has 1 aliphatic carbocycles. The fraction of sp³-hybridized carbons (Fsp3) is 0.211. The summed E-state index contributed by atoms with van der Waals surface area (Å²) < 4.78 is 0. The number of aryl methyl sites for hydroxylation is 3. The Morgan fingerprint density at radius 3 is 2.36 bits per heavy atom. The van der Waals surface area contributed by atoms with Gasteiger partial charge in [0.25, 0.3) is 0 Å². The molecule has 1 aliphatic rings. The van der Waals surface area contributed by atoms with Crippen LogP contribution in [0.5, 0.6) is 11.5 Å². The zero-order valence-electron chi connectivity index (χ0n) is 12.7. The Bertz CT molecular complexity index is 777. The standard InChI is InChI=1S/C19H18O3/c1-11-7-13(8-12(2)18(11)21)9-15-4-3-14-10-16(20)5-6-17(14)19(15)22/h5-10,20-21H,3-4H2,1-2H3. The molecule has 3 nitrogen and oxygen atoms in total. The van der Waals surface area contributed by atoms with Gasteiger partial charge in [-0.25, -0.2) is 0 Å². The summed E-state index contributed by atoms with van der Waals surface area (Å²) >= 11 is 0. The van der Waals surface area contributed by atoms with E-state index in [-0.39, 0.29) is 11.5 Å². The number of allylic oxidation sites excluding steroid dienone is 1. The van der Waals surface area contributed by atoms with Gasteiger partial charge in [0.15, 0.2) is 5.78 Å². The van der Waals surface area contributed by atoms with Crippen LogP contribution in [0.1, 0.15) is 39.0 Å². The first-order valence-electron chi connectivity index (χ1n) is 7.33. The van der Waals surface area contributed by atoms with Crippen molar-refractivity contribution in [3.8, 4) is 11.5 Å². The van der Waals surface area contributed by atoms with Crippen LogP contribution in [-0.2, 0) is 6.42 Å². The number of rotatable bonds is 1. The summed E-state index contributed by atoms with van der Waals surface area (Å²) in [5, 5.41) is 19.3. The normalized spacial score (nSPS) is 15.9. The Kier molecular flexibility index (Phi) is 3.49. The van der Waals surface area contributed by atoms with E-state index in [4.69, 9.17) is 0 Å². The monoisotopic (exact) mass is 294 g/mol. The van der Waals surface area contributed by atoms with Crippen LogP contribution in [0.2, 0.25) is 0 Å². The van der Waals surface area contributed by atoms with Crippen LogP contribution < -0.4 is 0 Å². The topological polar surface area (TPSA) is 57.5 Å². The Balaban J connectivity index is 2.00. The first kappa shape index (κ1) is 14.4. The second-order valence-electron chi connectivity index (χ2n) is 5.84. The van der Waals surface area contributed by atoms with E-state index in [1.807, 2.05) is 32.1 Å². The largest absolute Gasteiger partial charge is 0.508 e. The van der Waals surface area contributed by atoms with Crippen molar-refractivity contribution < 1.29 is 15.0 Å². The minimum Gasteiger partial charge on any atom is -0.508 e. The van der Waals surface area contributed by atoms with Crippen molar-refractivity contribution in [1.82, 2.24) is 0 Å². The molecule has 3 heteroatoms. The number of hydrogen-bond acceptors (Lipinski definition) is 3. The van der Waals surface area contributed by atoms with Crippen molar-refractivity contribution in [3.63, 3.8) is 0 Å². The number of aromatic hydroxyl groups is 2. The van der Waals surface area contributed by atoms with Crippen LogP contribution >= 0.6 is 0 Å². The van der Waals surface area contributed by atoms with E-state index in [2.05, 4.69) is 0 Å². The van der Waals surface area contributed by atoms with E-state index in [0.29, 0.717) is 17.7 Å². The number of ketones is 1. The highest BCUT2D eigenvalue weighted by Crippen LogP contribution is 2.30. The van der Waals surface area contributed by atoms with Gasteiger partial charge in [0, 0.05) is 11.1 Å². The van der Waals surface area contributed by atoms with E-state index < -0.39 is 0 Å². The summed E-state index contributed by atoms with van der Waals surface area (Å²) in [4.78, 5) is 12.6. The molecule has 0 heterocycles. The van der Waals surface area contributed by atoms with E-state index in [1.54, 1.807) is 18.2 Å². The molecule has 0 saturated carbocycles. The Labute approximate surface area is 129 Å². The molecule has 0 saturated heterocycles. The SMILES string of the molecule is Cc1cc(C=C2CCc3cc(O)ccc3C2=O)cc(C)c1O. The average molecular weight is 294 g/mol. The highest BCUT2D eigenvalue weighted by atomic mass is 16.3. The summed E-state index contributed by atoms with van der Waals surface area (Å²) in [6.07, 6.45) is 3.31. The smallest absolute Gasteiger partial charge is 0.189 e. The number of benzene rings is 2. The Hall–Kier alpha value is -2.55. The predicted octanol–water partition coefficient (Wildman–Crippen LogP) is 3.93. The molecular formula is C19H18O3. The maximum absolute atomic E-state index is 12.6. The summed E-state index contributed by atoms with van der Waals surface area (Å²) in [5.41, 5.74) is 4.88. The van der Waals surface area contributed by atoms with Gasteiger partial charge in [-0.2, -0.15) is 0 Å². The molecule has 0 spiro atoms. The highest BCUT2D eigenvalue weighted by molar-refractivity contribution is 6.13. The lowest BCUT2D eigenvalue weighted by Gasteiger charge is -2.18. The molecule has 3 rings (SSSR count). The number of carbonyl (C=O) groups is 1. The average Bonchev–Trinajstić information content (AvgIpc) is 2.47. The summed E-state index contributed by atoms with van der Waals surface area (Å²) in [7, 11) is 0. The fourth-order valence-corrected chi connectivity index (χ4v) is 2.98. The summed E-state index contributed by atoms with van der Waals surface area (Å²) in [6.45, 7) is 3.70. The van der Waals surface area contributed by atoms with Gasteiger partial charge in [-0.15, -0.1) is 0 Å². The van der Waals surface area contributed by atoms with Crippen molar-refractivity contribution >= 4 is 11.9 Å². The molecule has 22 heavy (non-hydrogen) atoms. The Morgan fingerprint density at radius 2 is 1.68 bits per heavy atom. The van der Waals surface area contributed by atoms with Crippen LogP contribution in [0.25, 0.3) is 6.08 Å². The number of hydrogen-bond donors (Lipinski definition) is 2. The molecule has 2 N–H and O–H groups in total. The van der Waals surface area contributed by atoms with Gasteiger partial charge < -0.3 is 10.2 Å². The molecule has 0 fully saturated rings. The van der Waals surface area contributed by atoms with Crippen molar-refractivity contribution in [2.75, 3.05) is 0 Å². The quantitative estimate of drug-likeness (QED) is 0.784. The third-order valence-electron chi connectivity index (χ3n) is 4.14. The van der Waals surface area contributed by atoms with Gasteiger partial charge in [0.05, 0.1) is 0 Å². The van der Waals surface area contributed by atoms with Gasteiger partial charge in [0.1, 0.15) is 11.5 Å². The third-order valence-corrected chi connectivity index (χ3v) is 4.14. The van der Waals surface area contributed by atoms with Crippen molar-refractivity contribution in [2.24, 2.45) is 0 Å². The molecule has 0 bridgehead atoms. The number of fused-ring (bicyclic) bond motifs is 1. The van der Waals surface area contributed by atoms with E-state index >= 15 is 0 Å². The minimum absolute atomic E-state index is 0.0182. The second kappa shape index (κ2) is 5.34. The summed E-state index contributed by atoms with van der Waals surface area (Å²) in [6, 6.07) is 8.67. The molecule has 2 aromatic rings. The van der Waals surface area contributed by atoms with Crippen LogP contribution in [0.4, 0.5) is 0 Å². The van der Waals surface area contributed by atoms with Gasteiger partial charge >= 0.3 is 0 Å². The van der Waals surface area contributed by atoms with Gasteiger partial charge in [-0.3, -0.25) is 4.79 Å². The van der Waals surface area contributed by atoms with Crippen LogP contribution in [0, 0.1) is 13.8 Å². The maximum Gasteiger partial charge on any atom is 0.189 e. The molecule has 2 aromatic carbocycles. The van der Waals surface area contributed by atoms with E-state index in [1.165, 1.54) is 0 Å². The zero-order valence-corrected chi connectivity index (χ0v) is 12.7. The number of phenols is 2. The van der Waals surface area contributed by atoms with Crippen LogP contribution in [0.15, 0.2) is 35.9 Å². The number of carbonyl (C=O) groups excluding carboxylic acids is 1. The zero-order chi connectivity index (χ0) is 15.9. The van der Waals surface area contributed by atoms with Gasteiger partial charge in [-0.1, -0.05) is 0 Å². The van der Waals surface area contributed by atoms with Gasteiger partial charge in [0.2, 0.25) is 0 Å². The number of Topliss-reactive ketones (excluding diaryl/α,β-unsaturated/α-hetero) is 1. The summed E-state index contributed by atoms with van der Waals surface area (Å²) in [5.74, 6) is 0.520. The second-order valence-corrected chi connectivity index (χ2v) is 5.84. The lowest BCUT2D eigenvalue weighted by atomic mass is 9.85. The lowest BCUT2D eigenvalue weighted by molar-refractivity contribution is 0.102. The molecule has 112 valence electrons. The molecule has 0 amide bonds. The molecule has 0 radical (unpaired) electrons. The number of phenolic OH excluding ortho intramolecular Hbond substituents is 2. The molecule has 0 unspecified atom stereocenters.